The first-order valence-corrected chi connectivity index (χ1v) is 6.77. The molecule has 116 valence electrons. The van der Waals surface area contributed by atoms with Crippen molar-refractivity contribution in [3.8, 4) is 22.9 Å². The number of nitro groups is 1. The van der Waals surface area contributed by atoms with Crippen LogP contribution in [-0.4, -0.2) is 29.1 Å². The van der Waals surface area contributed by atoms with E-state index in [1.54, 1.807) is 6.07 Å². The lowest BCUT2D eigenvalue weighted by Gasteiger charge is -2.10. The summed E-state index contributed by atoms with van der Waals surface area (Å²) in [6.07, 6.45) is 0. The Morgan fingerprint density at radius 1 is 1.00 bits per heavy atom. The number of rotatable bonds is 4. The second-order valence-electron chi connectivity index (χ2n) is 4.73. The molecule has 0 saturated heterocycles. The van der Waals surface area contributed by atoms with Crippen molar-refractivity contribution < 1.29 is 14.4 Å². The lowest BCUT2D eigenvalue weighted by atomic mass is 10.1. The number of nitrogens with zero attached hydrogens (tertiary/aromatic N) is 3. The molecular formula is C16H13N3O4. The summed E-state index contributed by atoms with van der Waals surface area (Å²) < 4.78 is 10.3. The van der Waals surface area contributed by atoms with E-state index in [9.17, 15) is 10.1 Å². The van der Waals surface area contributed by atoms with Crippen LogP contribution >= 0.6 is 0 Å². The van der Waals surface area contributed by atoms with Crippen molar-refractivity contribution in [2.45, 2.75) is 0 Å². The Bertz CT molecular complexity index is 881. The molecule has 0 aliphatic heterocycles. The van der Waals surface area contributed by atoms with E-state index >= 15 is 0 Å². The van der Waals surface area contributed by atoms with Gasteiger partial charge < -0.3 is 9.47 Å². The lowest BCUT2D eigenvalue weighted by Crippen LogP contribution is -1.99. The highest BCUT2D eigenvalue weighted by Gasteiger charge is 2.20. The van der Waals surface area contributed by atoms with Gasteiger partial charge >= 0.3 is 5.69 Å². The average Bonchev–Trinajstić information content (AvgIpc) is 2.59. The van der Waals surface area contributed by atoms with Crippen LogP contribution < -0.4 is 9.47 Å². The van der Waals surface area contributed by atoms with Gasteiger partial charge in [-0.15, -0.1) is 0 Å². The van der Waals surface area contributed by atoms with Gasteiger partial charge in [0.15, 0.2) is 5.65 Å². The summed E-state index contributed by atoms with van der Waals surface area (Å²) in [6, 6.07) is 12.7. The predicted octanol–water partition coefficient (Wildman–Crippen LogP) is 3.22. The Hall–Kier alpha value is -3.22. The predicted molar refractivity (Wildman–Crippen MR) is 84.7 cm³/mol. The van der Waals surface area contributed by atoms with E-state index in [1.165, 1.54) is 20.3 Å². The monoisotopic (exact) mass is 311 g/mol. The van der Waals surface area contributed by atoms with Gasteiger partial charge in [-0.05, 0) is 11.6 Å². The van der Waals surface area contributed by atoms with Gasteiger partial charge in [0.25, 0.3) is 5.88 Å². The number of methoxy groups -OCH3 is 2. The highest BCUT2D eigenvalue weighted by atomic mass is 16.6. The largest absolute Gasteiger partial charge is 0.480 e. The van der Waals surface area contributed by atoms with E-state index < -0.39 is 4.92 Å². The van der Waals surface area contributed by atoms with Gasteiger partial charge in [0.1, 0.15) is 0 Å². The van der Waals surface area contributed by atoms with Gasteiger partial charge in [0, 0.05) is 17.0 Å². The molecule has 7 nitrogen and oxygen atoms in total. The second kappa shape index (κ2) is 5.88. The first-order valence-electron chi connectivity index (χ1n) is 6.77. The Kier molecular flexibility index (Phi) is 3.76. The van der Waals surface area contributed by atoms with Crippen LogP contribution in [0, 0.1) is 10.1 Å². The highest BCUT2D eigenvalue weighted by molar-refractivity contribution is 5.86. The van der Waals surface area contributed by atoms with Crippen LogP contribution in [0.15, 0.2) is 42.5 Å². The zero-order chi connectivity index (χ0) is 16.4. The summed E-state index contributed by atoms with van der Waals surface area (Å²) in [7, 11) is 2.85. The summed E-state index contributed by atoms with van der Waals surface area (Å²) >= 11 is 0. The Labute approximate surface area is 131 Å². The first kappa shape index (κ1) is 14.7. The minimum absolute atomic E-state index is 0.0792. The Morgan fingerprint density at radius 2 is 1.65 bits per heavy atom. The van der Waals surface area contributed by atoms with E-state index in [-0.39, 0.29) is 11.6 Å². The van der Waals surface area contributed by atoms with Gasteiger partial charge in [-0.3, -0.25) is 10.1 Å². The SMILES string of the molecule is COc1nc2nc(OC)c([N+](=O)[O-])cc2cc1-c1ccccc1. The lowest BCUT2D eigenvalue weighted by molar-refractivity contribution is -0.386. The number of hydrogen-bond donors (Lipinski definition) is 0. The molecule has 0 atom stereocenters. The maximum Gasteiger partial charge on any atom is 0.331 e. The molecule has 0 bridgehead atoms. The van der Waals surface area contributed by atoms with Gasteiger partial charge in [-0.2, -0.15) is 9.97 Å². The van der Waals surface area contributed by atoms with Gasteiger partial charge in [0.2, 0.25) is 5.88 Å². The van der Waals surface area contributed by atoms with Crippen LogP contribution in [0.4, 0.5) is 5.69 Å². The zero-order valence-electron chi connectivity index (χ0n) is 12.5. The molecule has 7 heteroatoms. The number of fused-ring (bicyclic) bond motifs is 1. The van der Waals surface area contributed by atoms with Crippen LogP contribution in [0.2, 0.25) is 0 Å². The van der Waals surface area contributed by atoms with Crippen molar-refractivity contribution >= 4 is 16.7 Å². The zero-order valence-corrected chi connectivity index (χ0v) is 12.5. The average molecular weight is 311 g/mol. The molecule has 0 fully saturated rings. The Morgan fingerprint density at radius 3 is 2.26 bits per heavy atom. The van der Waals surface area contributed by atoms with Crippen molar-refractivity contribution in [3.63, 3.8) is 0 Å². The van der Waals surface area contributed by atoms with E-state index in [0.29, 0.717) is 16.9 Å². The highest BCUT2D eigenvalue weighted by Crippen LogP contribution is 2.34. The summed E-state index contributed by atoms with van der Waals surface area (Å²) in [5, 5.41) is 11.7. The molecule has 3 aromatic rings. The van der Waals surface area contributed by atoms with E-state index in [1.807, 2.05) is 30.3 Å². The van der Waals surface area contributed by atoms with E-state index in [4.69, 9.17) is 9.47 Å². The fourth-order valence-corrected chi connectivity index (χ4v) is 2.32. The molecule has 0 unspecified atom stereocenters. The van der Waals surface area contributed by atoms with Gasteiger partial charge in [0.05, 0.1) is 19.1 Å². The normalized spacial score (nSPS) is 10.5. The number of benzene rings is 1. The summed E-state index contributed by atoms with van der Waals surface area (Å²) in [6.45, 7) is 0. The quantitative estimate of drug-likeness (QED) is 0.543. The smallest absolute Gasteiger partial charge is 0.331 e. The van der Waals surface area contributed by atoms with Crippen molar-refractivity contribution in [2.75, 3.05) is 14.2 Å². The standard InChI is InChI=1S/C16H13N3O4/c1-22-15-12(10-6-4-3-5-7-10)8-11-9-13(19(20)21)16(23-2)18-14(11)17-15/h3-9H,1-2H3. The fraction of sp³-hybridized carbons (Fsp3) is 0.125. The third-order valence-corrected chi connectivity index (χ3v) is 3.38. The van der Waals surface area contributed by atoms with Gasteiger partial charge in [-0.1, -0.05) is 30.3 Å². The number of hydrogen-bond acceptors (Lipinski definition) is 6. The van der Waals surface area contributed by atoms with E-state index in [0.717, 1.165) is 11.1 Å². The summed E-state index contributed by atoms with van der Waals surface area (Å²) in [5.41, 5.74) is 1.76. The third kappa shape index (κ3) is 2.64. The molecule has 2 aromatic heterocycles. The number of aromatic nitrogens is 2. The van der Waals surface area contributed by atoms with Crippen molar-refractivity contribution in [1.29, 1.82) is 0 Å². The second-order valence-corrected chi connectivity index (χ2v) is 4.73. The molecule has 0 amide bonds. The molecule has 3 rings (SSSR count). The number of ether oxygens (including phenoxy) is 2. The third-order valence-electron chi connectivity index (χ3n) is 3.38. The molecule has 0 radical (unpaired) electrons. The van der Waals surface area contributed by atoms with Crippen LogP contribution in [0.1, 0.15) is 0 Å². The Balaban J connectivity index is 2.29. The molecule has 0 saturated carbocycles. The first-order chi connectivity index (χ1) is 11.1. The van der Waals surface area contributed by atoms with Crippen molar-refractivity contribution in [1.82, 2.24) is 9.97 Å². The topological polar surface area (TPSA) is 87.4 Å². The molecule has 23 heavy (non-hydrogen) atoms. The molecule has 1 aromatic carbocycles. The summed E-state index contributed by atoms with van der Waals surface area (Å²) in [5.74, 6) is 0.316. The van der Waals surface area contributed by atoms with Crippen LogP contribution in [0.25, 0.3) is 22.2 Å². The molecular weight excluding hydrogens is 298 g/mol. The summed E-state index contributed by atoms with van der Waals surface area (Å²) in [4.78, 5) is 19.1. The van der Waals surface area contributed by atoms with Crippen molar-refractivity contribution in [2.24, 2.45) is 0 Å². The minimum atomic E-state index is -0.530. The maximum absolute atomic E-state index is 11.1. The molecule has 0 aliphatic rings. The molecule has 0 spiro atoms. The van der Waals surface area contributed by atoms with Crippen molar-refractivity contribution in [3.05, 3.63) is 52.6 Å². The van der Waals surface area contributed by atoms with Crippen LogP contribution in [-0.2, 0) is 0 Å². The fourth-order valence-electron chi connectivity index (χ4n) is 2.32. The van der Waals surface area contributed by atoms with Crippen LogP contribution in [0.5, 0.6) is 11.8 Å². The molecule has 0 N–H and O–H groups in total. The maximum atomic E-state index is 11.1. The minimum Gasteiger partial charge on any atom is -0.480 e. The number of pyridine rings is 2. The van der Waals surface area contributed by atoms with Crippen LogP contribution in [0.3, 0.4) is 0 Å². The van der Waals surface area contributed by atoms with Gasteiger partial charge in [-0.25, -0.2) is 0 Å². The molecule has 2 heterocycles. The molecule has 0 aliphatic carbocycles. The van der Waals surface area contributed by atoms with E-state index in [2.05, 4.69) is 9.97 Å².